The number of aryl methyl sites for hydroxylation is 1. The first kappa shape index (κ1) is 46.1. The number of hydrogen-bond acceptors (Lipinski definition) is 7. The summed E-state index contributed by atoms with van der Waals surface area (Å²) in [6, 6.07) is 7.24. The van der Waals surface area contributed by atoms with Crippen LogP contribution in [0, 0.1) is 5.92 Å². The molecule has 1 aromatic rings. The molecule has 272 valence electrons. The molecule has 2 amide bonds. The van der Waals surface area contributed by atoms with E-state index in [4.69, 9.17) is 20.4 Å². The van der Waals surface area contributed by atoms with E-state index in [1.54, 1.807) is 20.8 Å². The van der Waals surface area contributed by atoms with Crippen molar-refractivity contribution in [2.75, 3.05) is 13.1 Å². The van der Waals surface area contributed by atoms with Gasteiger partial charge in [0.05, 0.1) is 6.04 Å². The summed E-state index contributed by atoms with van der Waals surface area (Å²) in [7, 11) is 0. The Hall–Kier alpha value is -2.98. The Kier molecular flexibility index (Phi) is 25.6. The predicted octanol–water partition coefficient (Wildman–Crippen LogP) is 5.93. The number of rotatable bonds is 19. The summed E-state index contributed by atoms with van der Waals surface area (Å²) in [4.78, 5) is 46.3. The molecular formula is C37H68N4O6. The van der Waals surface area contributed by atoms with Crippen molar-refractivity contribution in [3.63, 3.8) is 0 Å². The van der Waals surface area contributed by atoms with Gasteiger partial charge >= 0.3 is 5.97 Å². The van der Waals surface area contributed by atoms with Crippen LogP contribution in [0.25, 0.3) is 0 Å². The molecule has 2 atom stereocenters. The molecule has 1 rings (SSSR count). The van der Waals surface area contributed by atoms with Crippen molar-refractivity contribution < 1.29 is 29.0 Å². The van der Waals surface area contributed by atoms with Gasteiger partial charge in [-0.15, -0.1) is 0 Å². The van der Waals surface area contributed by atoms with Gasteiger partial charge in [-0.3, -0.25) is 14.4 Å². The molecule has 0 aliphatic rings. The lowest BCUT2D eigenvalue weighted by Crippen LogP contribution is -2.50. The Labute approximate surface area is 285 Å². The largest absolute Gasteiger partial charge is 0.483 e. The fourth-order valence-corrected chi connectivity index (χ4v) is 4.54. The summed E-state index contributed by atoms with van der Waals surface area (Å²) in [5.74, 6) is -0.121. The number of nitrogens with two attached hydrogens (primary N) is 1. The van der Waals surface area contributed by atoms with Gasteiger partial charge in [-0.25, -0.2) is 4.79 Å². The fraction of sp³-hybridized carbons (Fsp3) is 0.730. The van der Waals surface area contributed by atoms with E-state index in [2.05, 4.69) is 74.8 Å². The zero-order valence-electron chi connectivity index (χ0n) is 31.2. The minimum atomic E-state index is -0.770. The molecule has 0 saturated carbocycles. The van der Waals surface area contributed by atoms with Crippen LogP contribution < -0.4 is 21.7 Å². The van der Waals surface area contributed by atoms with Crippen molar-refractivity contribution in [2.24, 2.45) is 11.7 Å². The number of carboxylic acid groups (broad SMARTS) is 1. The second-order valence-corrected chi connectivity index (χ2v) is 14.1. The minimum absolute atomic E-state index is 0.0343. The van der Waals surface area contributed by atoms with Crippen LogP contribution >= 0.6 is 0 Å². The van der Waals surface area contributed by atoms with Crippen LogP contribution in [0.3, 0.4) is 0 Å². The highest BCUT2D eigenvalue weighted by Crippen LogP contribution is 2.13. The van der Waals surface area contributed by atoms with E-state index >= 15 is 0 Å². The number of amides is 2. The Balaban J connectivity index is 0. The topological polar surface area (TPSA) is 160 Å². The molecule has 0 spiro atoms. The van der Waals surface area contributed by atoms with Crippen molar-refractivity contribution in [2.45, 2.75) is 157 Å². The number of nitrogens with one attached hydrogen (secondary N) is 3. The van der Waals surface area contributed by atoms with E-state index in [9.17, 15) is 14.4 Å². The average Bonchev–Trinajstić information content (AvgIpc) is 2.96. The smallest absolute Gasteiger partial charge is 0.329 e. The summed E-state index contributed by atoms with van der Waals surface area (Å²) >= 11 is 0. The molecule has 0 heterocycles. The summed E-state index contributed by atoms with van der Waals surface area (Å²) in [5.41, 5.74) is 8.14. The van der Waals surface area contributed by atoms with Crippen LogP contribution in [-0.2, 0) is 36.8 Å². The molecule has 0 bridgehead atoms. The van der Waals surface area contributed by atoms with Gasteiger partial charge in [0.25, 0.3) is 6.47 Å². The maximum atomic E-state index is 12.8. The molecule has 0 aliphatic heterocycles. The molecule has 0 aliphatic carbocycles. The molecular weight excluding hydrogens is 596 g/mol. The number of carbonyl (C=O) groups is 4. The van der Waals surface area contributed by atoms with Crippen LogP contribution in [-0.4, -0.2) is 65.7 Å². The maximum Gasteiger partial charge on any atom is 0.329 e. The van der Waals surface area contributed by atoms with Gasteiger partial charge in [0.15, 0.2) is 0 Å². The molecule has 47 heavy (non-hydrogen) atoms. The third-order valence-electron chi connectivity index (χ3n) is 6.72. The second-order valence-electron chi connectivity index (χ2n) is 14.1. The normalized spacial score (nSPS) is 12.4. The summed E-state index contributed by atoms with van der Waals surface area (Å²) < 4.78 is 5.55. The predicted molar refractivity (Wildman–Crippen MR) is 192 cm³/mol. The van der Waals surface area contributed by atoms with Crippen LogP contribution in [0.15, 0.2) is 24.3 Å². The molecule has 1 aromatic carbocycles. The number of unbranched alkanes of at least 4 members (excludes halogenated alkanes) is 2. The van der Waals surface area contributed by atoms with E-state index in [1.165, 1.54) is 11.1 Å². The van der Waals surface area contributed by atoms with Crippen LogP contribution in [0.1, 0.15) is 132 Å². The fourth-order valence-electron chi connectivity index (χ4n) is 4.54. The Bertz CT molecular complexity index is 984. The van der Waals surface area contributed by atoms with Crippen LogP contribution in [0.5, 0.6) is 0 Å². The van der Waals surface area contributed by atoms with Crippen LogP contribution in [0.4, 0.5) is 0 Å². The molecule has 0 radical (unpaired) electrons. The summed E-state index contributed by atoms with van der Waals surface area (Å²) in [6.45, 7) is 21.3. The highest BCUT2D eigenvalue weighted by atomic mass is 16.6. The van der Waals surface area contributed by atoms with Crippen molar-refractivity contribution >= 4 is 24.3 Å². The monoisotopic (exact) mass is 665 g/mol. The Morgan fingerprint density at radius 3 is 1.94 bits per heavy atom. The second kappa shape index (κ2) is 26.0. The third-order valence-corrected chi connectivity index (χ3v) is 6.72. The van der Waals surface area contributed by atoms with Gasteiger partial charge in [0.2, 0.25) is 11.8 Å². The molecule has 6 N–H and O–H groups in total. The first-order chi connectivity index (χ1) is 22.0. The van der Waals surface area contributed by atoms with E-state index in [1.807, 2.05) is 13.8 Å². The van der Waals surface area contributed by atoms with E-state index < -0.39 is 23.7 Å². The van der Waals surface area contributed by atoms with Gasteiger partial charge in [0, 0.05) is 18.5 Å². The summed E-state index contributed by atoms with van der Waals surface area (Å²) in [5, 5.41) is 16.1. The minimum Gasteiger partial charge on any atom is -0.483 e. The Morgan fingerprint density at radius 1 is 0.872 bits per heavy atom. The van der Waals surface area contributed by atoms with Crippen molar-refractivity contribution in [3.05, 3.63) is 35.4 Å². The molecule has 0 aromatic heterocycles. The summed E-state index contributed by atoms with van der Waals surface area (Å²) in [6.07, 6.45) is 7.31. The lowest BCUT2D eigenvalue weighted by molar-refractivity contribution is -0.159. The van der Waals surface area contributed by atoms with Crippen molar-refractivity contribution in [3.8, 4) is 0 Å². The van der Waals surface area contributed by atoms with Crippen LogP contribution in [0.2, 0.25) is 0 Å². The van der Waals surface area contributed by atoms with E-state index in [0.717, 1.165) is 38.6 Å². The maximum absolute atomic E-state index is 12.8. The SMILES string of the molecule is CC.CC(C)Cc1ccc(CCCC(=O)NCCCCC(NC(=O)C(N)CCCCNC(C)(C)C)C(=O)OC(C)(C)C)cc1.O=CO. The van der Waals surface area contributed by atoms with Gasteiger partial charge < -0.3 is 31.5 Å². The first-order valence-corrected chi connectivity index (χ1v) is 17.4. The number of carbonyl (C=O) groups excluding carboxylic acids is 3. The van der Waals surface area contributed by atoms with Gasteiger partial charge in [-0.1, -0.05) is 58.4 Å². The highest BCUT2D eigenvalue weighted by molar-refractivity contribution is 5.87. The molecule has 10 nitrogen and oxygen atoms in total. The standard InChI is InChI=1S/C34H60N4O4.C2H6.CH2O2/c1-25(2)24-27-20-18-26(19-21-27)14-13-17-30(39)36-22-11-10-16-29(32(41)42-34(6,7)8)38-31(40)28(35)15-9-12-23-37-33(3,4)5;1-2;2-1-3/h18-21,25,28-29,37H,9-17,22-24,35H2,1-8H3,(H,36,39)(H,38,40);1-2H3;1H,(H,2,3). The molecule has 2 unspecified atom stereocenters. The number of benzene rings is 1. The van der Waals surface area contributed by atoms with Crippen molar-refractivity contribution in [1.82, 2.24) is 16.0 Å². The third kappa shape index (κ3) is 27.8. The van der Waals surface area contributed by atoms with E-state index in [0.29, 0.717) is 44.6 Å². The first-order valence-electron chi connectivity index (χ1n) is 17.4. The zero-order valence-corrected chi connectivity index (χ0v) is 31.2. The quantitative estimate of drug-likeness (QED) is 0.0691. The lowest BCUT2D eigenvalue weighted by atomic mass is 10.00. The van der Waals surface area contributed by atoms with Crippen molar-refractivity contribution in [1.29, 1.82) is 0 Å². The number of ether oxygens (including phenoxy) is 1. The zero-order chi connectivity index (χ0) is 36.5. The number of esters is 1. The molecule has 0 fully saturated rings. The lowest BCUT2D eigenvalue weighted by Gasteiger charge is -2.25. The van der Waals surface area contributed by atoms with Gasteiger partial charge in [0.1, 0.15) is 11.6 Å². The van der Waals surface area contributed by atoms with Gasteiger partial charge in [-0.2, -0.15) is 0 Å². The molecule has 0 saturated heterocycles. The van der Waals surface area contributed by atoms with Gasteiger partial charge in [-0.05, 0) is 116 Å². The van der Waals surface area contributed by atoms with E-state index in [-0.39, 0.29) is 23.8 Å². The average molecular weight is 665 g/mol. The molecule has 10 heteroatoms. The highest BCUT2D eigenvalue weighted by Gasteiger charge is 2.28. The Morgan fingerprint density at radius 2 is 1.40 bits per heavy atom. The number of hydrogen-bond donors (Lipinski definition) is 5.